The van der Waals surface area contributed by atoms with E-state index in [-0.39, 0.29) is 0 Å². The summed E-state index contributed by atoms with van der Waals surface area (Å²) in [5.41, 5.74) is 1.35. The van der Waals surface area contributed by atoms with Crippen LogP contribution >= 0.6 is 11.6 Å². The van der Waals surface area contributed by atoms with Crippen molar-refractivity contribution in [3.8, 4) is 11.5 Å². The van der Waals surface area contributed by atoms with Crippen LogP contribution in [0, 0.1) is 5.82 Å². The van der Waals surface area contributed by atoms with E-state index >= 15 is 0 Å². The molecule has 3 atom stereocenters. The lowest BCUT2D eigenvalue weighted by molar-refractivity contribution is -0.0705. The number of rotatable bonds is 2. The van der Waals surface area contributed by atoms with Crippen LogP contribution in [0.3, 0.4) is 0 Å². The van der Waals surface area contributed by atoms with Gasteiger partial charge in [-0.1, -0.05) is 17.7 Å². The van der Waals surface area contributed by atoms with Crippen molar-refractivity contribution < 1.29 is 13.9 Å². The summed E-state index contributed by atoms with van der Waals surface area (Å²) in [5.74, 6) is -0.314. The molecule has 1 N–H and O–H groups in total. The Morgan fingerprint density at radius 2 is 1.92 bits per heavy atom. The fourth-order valence-corrected chi connectivity index (χ4v) is 4.48. The van der Waals surface area contributed by atoms with Crippen LogP contribution in [0.1, 0.15) is 25.3 Å². The first-order chi connectivity index (χ1) is 12.5. The molecule has 136 valence electrons. The Balaban J connectivity index is 1.50. The minimum Gasteiger partial charge on any atom is -0.444 e. The molecule has 0 aliphatic carbocycles. The Hall–Kier alpha value is -1.98. The van der Waals surface area contributed by atoms with Gasteiger partial charge in [-0.05, 0) is 43.2 Å². The second-order valence-electron chi connectivity index (χ2n) is 7.42. The van der Waals surface area contributed by atoms with E-state index in [1.54, 1.807) is 19.1 Å². The Morgan fingerprint density at radius 3 is 2.65 bits per heavy atom. The van der Waals surface area contributed by atoms with Crippen LogP contribution in [0.2, 0.25) is 5.02 Å². The largest absolute Gasteiger partial charge is 0.444 e. The molecule has 0 aromatic heterocycles. The number of halogens is 2. The van der Waals surface area contributed by atoms with Gasteiger partial charge in [0.25, 0.3) is 5.79 Å². The van der Waals surface area contributed by atoms with E-state index in [1.165, 1.54) is 18.9 Å². The first-order valence-electron chi connectivity index (χ1n) is 8.99. The van der Waals surface area contributed by atoms with Gasteiger partial charge in [0.05, 0.1) is 11.3 Å². The number of anilines is 1. The molecule has 4 nitrogen and oxygen atoms in total. The molecule has 5 rings (SSSR count). The fourth-order valence-electron chi connectivity index (χ4n) is 4.32. The lowest BCUT2D eigenvalue weighted by Gasteiger charge is -2.35. The summed E-state index contributed by atoms with van der Waals surface area (Å²) in [6.07, 6.45) is 2.42. The topological polar surface area (TPSA) is 33.7 Å². The van der Waals surface area contributed by atoms with Crippen LogP contribution in [-0.4, -0.2) is 25.2 Å². The lowest BCUT2D eigenvalue weighted by Crippen LogP contribution is -2.51. The van der Waals surface area contributed by atoms with Gasteiger partial charge in [-0.25, -0.2) is 4.39 Å². The summed E-state index contributed by atoms with van der Waals surface area (Å²) >= 11 is 5.88. The standard InChI is InChI=1S/C20H20ClFN2O2/c1-20(15-8-5-12(21)9-16(15)22)25-18-4-2-3-17(19(18)26-20)24-10-13-6-7-14(11-24)23-13/h2-5,8-9,13-14,23H,6-7,10-11H2,1H3. The number of nitrogens with one attached hydrogen (secondary N) is 1. The van der Waals surface area contributed by atoms with Gasteiger partial charge in [0.1, 0.15) is 5.82 Å². The maximum absolute atomic E-state index is 14.5. The van der Waals surface area contributed by atoms with E-state index in [0.717, 1.165) is 18.8 Å². The number of ether oxygens (including phenoxy) is 2. The highest BCUT2D eigenvalue weighted by atomic mass is 35.5. The first-order valence-corrected chi connectivity index (χ1v) is 9.37. The predicted octanol–water partition coefficient (Wildman–Crippen LogP) is 4.06. The minimum absolute atomic E-state index is 0.337. The third-order valence-corrected chi connectivity index (χ3v) is 5.77. The average molecular weight is 375 g/mol. The van der Waals surface area contributed by atoms with Gasteiger partial charge in [0.2, 0.25) is 0 Å². The van der Waals surface area contributed by atoms with Crippen LogP contribution in [0.25, 0.3) is 0 Å². The highest BCUT2D eigenvalue weighted by Gasteiger charge is 2.43. The maximum Gasteiger partial charge on any atom is 0.278 e. The predicted molar refractivity (Wildman–Crippen MR) is 98.6 cm³/mol. The van der Waals surface area contributed by atoms with Crippen molar-refractivity contribution in [2.45, 2.75) is 37.6 Å². The molecule has 2 aromatic rings. The molecule has 26 heavy (non-hydrogen) atoms. The van der Waals surface area contributed by atoms with Crippen molar-refractivity contribution >= 4 is 17.3 Å². The van der Waals surface area contributed by atoms with Crippen molar-refractivity contribution in [1.29, 1.82) is 0 Å². The van der Waals surface area contributed by atoms with Crippen molar-refractivity contribution in [2.75, 3.05) is 18.0 Å². The summed E-state index contributed by atoms with van der Waals surface area (Å²) in [4.78, 5) is 2.35. The van der Waals surface area contributed by atoms with Crippen LogP contribution in [0.4, 0.5) is 10.1 Å². The summed E-state index contributed by atoms with van der Waals surface area (Å²) < 4.78 is 26.7. The van der Waals surface area contributed by atoms with Crippen LogP contribution in [0.15, 0.2) is 36.4 Å². The zero-order valence-electron chi connectivity index (χ0n) is 14.5. The van der Waals surface area contributed by atoms with Crippen LogP contribution < -0.4 is 19.7 Å². The summed E-state index contributed by atoms with van der Waals surface area (Å²) in [5, 5.41) is 3.99. The molecule has 0 radical (unpaired) electrons. The van der Waals surface area contributed by atoms with Crippen molar-refractivity contribution in [3.05, 3.63) is 52.8 Å². The van der Waals surface area contributed by atoms with Gasteiger partial charge < -0.3 is 19.7 Å². The van der Waals surface area contributed by atoms with Crippen LogP contribution in [-0.2, 0) is 5.79 Å². The molecule has 6 heteroatoms. The molecule has 3 aliphatic rings. The van der Waals surface area contributed by atoms with Crippen molar-refractivity contribution in [1.82, 2.24) is 5.32 Å². The van der Waals surface area contributed by atoms with Crippen molar-refractivity contribution in [3.63, 3.8) is 0 Å². The molecule has 2 saturated heterocycles. The molecule has 2 bridgehead atoms. The lowest BCUT2D eigenvalue weighted by atomic mass is 10.1. The molecule has 3 unspecified atom stereocenters. The minimum atomic E-state index is -1.21. The molecule has 0 spiro atoms. The van der Waals surface area contributed by atoms with E-state index in [1.807, 2.05) is 12.1 Å². The Labute approximate surface area is 156 Å². The second-order valence-corrected chi connectivity index (χ2v) is 7.86. The molecular weight excluding hydrogens is 355 g/mol. The average Bonchev–Trinajstić information content (AvgIpc) is 3.13. The zero-order chi connectivity index (χ0) is 17.9. The highest BCUT2D eigenvalue weighted by molar-refractivity contribution is 6.30. The van der Waals surface area contributed by atoms with E-state index in [4.69, 9.17) is 21.1 Å². The number of hydrogen-bond acceptors (Lipinski definition) is 4. The maximum atomic E-state index is 14.5. The third-order valence-electron chi connectivity index (χ3n) is 5.54. The monoisotopic (exact) mass is 374 g/mol. The van der Waals surface area contributed by atoms with E-state index < -0.39 is 11.6 Å². The molecule has 3 heterocycles. The van der Waals surface area contributed by atoms with E-state index in [9.17, 15) is 4.39 Å². The summed E-state index contributed by atoms with van der Waals surface area (Å²) in [6.45, 7) is 3.63. The Kier molecular flexibility index (Phi) is 3.59. The van der Waals surface area contributed by atoms with Gasteiger partial charge in [-0.2, -0.15) is 0 Å². The Bertz CT molecular complexity index is 865. The summed E-state index contributed by atoms with van der Waals surface area (Å²) in [7, 11) is 0. The number of fused-ring (bicyclic) bond motifs is 3. The van der Waals surface area contributed by atoms with Gasteiger partial charge in [-0.15, -0.1) is 0 Å². The van der Waals surface area contributed by atoms with Crippen LogP contribution in [0.5, 0.6) is 11.5 Å². The molecule has 0 saturated carbocycles. The van der Waals surface area contributed by atoms with Gasteiger partial charge in [-0.3, -0.25) is 0 Å². The quantitative estimate of drug-likeness (QED) is 0.859. The molecule has 2 fully saturated rings. The molecule has 2 aromatic carbocycles. The zero-order valence-corrected chi connectivity index (χ0v) is 15.2. The highest BCUT2D eigenvalue weighted by Crippen LogP contribution is 2.50. The van der Waals surface area contributed by atoms with Gasteiger partial charge in [0.15, 0.2) is 11.5 Å². The number of hydrogen-bond donors (Lipinski definition) is 1. The third kappa shape index (κ3) is 2.53. The number of benzene rings is 2. The van der Waals surface area contributed by atoms with Gasteiger partial charge >= 0.3 is 0 Å². The van der Waals surface area contributed by atoms with E-state index in [0.29, 0.717) is 34.2 Å². The molecular formula is C20H20ClFN2O2. The number of nitrogens with zero attached hydrogens (tertiary/aromatic N) is 1. The molecule has 0 amide bonds. The first kappa shape index (κ1) is 16.2. The molecule has 3 aliphatic heterocycles. The van der Waals surface area contributed by atoms with Gasteiger partial charge in [0, 0.05) is 37.1 Å². The number of para-hydroxylation sites is 1. The normalized spacial score (nSPS) is 29.3. The smallest absolute Gasteiger partial charge is 0.278 e. The second kappa shape index (κ2) is 5.76. The van der Waals surface area contributed by atoms with Crippen molar-refractivity contribution in [2.24, 2.45) is 0 Å². The SMILES string of the molecule is CC1(c2ccc(Cl)cc2F)Oc2cccc(N3CC4CCC(C3)N4)c2O1. The Morgan fingerprint density at radius 1 is 1.15 bits per heavy atom. The fraction of sp³-hybridized carbons (Fsp3) is 0.400. The van der Waals surface area contributed by atoms with E-state index in [2.05, 4.69) is 16.3 Å². The number of piperazine rings is 1. The summed E-state index contributed by atoms with van der Waals surface area (Å²) in [6, 6.07) is 11.5.